The molecule has 0 bridgehead atoms. The number of nitrogens with zero attached hydrogens (tertiary/aromatic N) is 2. The fraction of sp³-hybridized carbons (Fsp3) is 0.231. The van der Waals surface area contributed by atoms with Crippen molar-refractivity contribution in [2.45, 2.75) is 19.4 Å². The van der Waals surface area contributed by atoms with E-state index in [9.17, 15) is 18.3 Å². The number of alkyl halides is 3. The number of hydrogen-bond acceptors (Lipinski definition) is 6. The number of fused-ring (bicyclic) bond motifs is 1. The third-order valence-corrected chi connectivity index (χ3v) is 3.73. The number of halogens is 3. The van der Waals surface area contributed by atoms with Gasteiger partial charge in [-0.15, -0.1) is 24.5 Å². The highest BCUT2D eigenvalue weighted by Gasteiger charge is 2.35. The zero-order chi connectivity index (χ0) is 15.9. The van der Waals surface area contributed by atoms with Gasteiger partial charge in [0.2, 0.25) is 0 Å². The molecule has 2 heterocycles. The topological polar surface area (TPSA) is 68.4 Å². The van der Waals surface area contributed by atoms with Crippen molar-refractivity contribution in [3.8, 4) is 16.3 Å². The number of aromatic nitrogens is 2. The largest absolute Gasteiger partial charge is 0.573 e. The maximum atomic E-state index is 12.6. The minimum Gasteiger partial charge on any atom is -0.443 e. The molecular formula is C13H9F3N2O3S. The molecular weight excluding hydrogens is 321 g/mol. The van der Waals surface area contributed by atoms with Gasteiger partial charge in [-0.05, 0) is 13.0 Å². The average Bonchev–Trinajstić information content (AvgIpc) is 3.08. The lowest BCUT2D eigenvalue weighted by atomic mass is 10.0. The Balaban J connectivity index is 2.29. The summed E-state index contributed by atoms with van der Waals surface area (Å²) < 4.78 is 47.1. The highest BCUT2D eigenvalue weighted by molar-refractivity contribution is 7.13. The number of benzene rings is 1. The number of oxazole rings is 1. The maximum absolute atomic E-state index is 12.6. The fourth-order valence-electron chi connectivity index (χ4n) is 2.07. The summed E-state index contributed by atoms with van der Waals surface area (Å²) in [6.45, 7) is 1.34. The lowest BCUT2D eigenvalue weighted by Crippen LogP contribution is -2.19. The van der Waals surface area contributed by atoms with Gasteiger partial charge in [0, 0.05) is 17.1 Å². The molecule has 0 radical (unpaired) electrons. The monoisotopic (exact) mass is 330 g/mol. The Bertz CT molecular complexity index is 797. The van der Waals surface area contributed by atoms with E-state index in [1.807, 2.05) is 0 Å². The minimum absolute atomic E-state index is 0.0380. The normalized spacial score (nSPS) is 13.5. The van der Waals surface area contributed by atoms with Crippen LogP contribution in [-0.2, 0) is 0 Å². The van der Waals surface area contributed by atoms with Crippen molar-refractivity contribution in [3.63, 3.8) is 0 Å². The van der Waals surface area contributed by atoms with E-state index >= 15 is 0 Å². The van der Waals surface area contributed by atoms with Crippen LogP contribution in [0.1, 0.15) is 18.6 Å². The Kier molecular flexibility index (Phi) is 3.53. The van der Waals surface area contributed by atoms with E-state index < -0.39 is 18.2 Å². The van der Waals surface area contributed by atoms with Crippen molar-refractivity contribution < 1.29 is 27.4 Å². The van der Waals surface area contributed by atoms with Crippen LogP contribution >= 0.6 is 11.3 Å². The van der Waals surface area contributed by atoms with Crippen LogP contribution in [0.15, 0.2) is 28.5 Å². The lowest BCUT2D eigenvalue weighted by Gasteiger charge is -2.16. The van der Waals surface area contributed by atoms with Crippen LogP contribution in [0.2, 0.25) is 0 Å². The number of ether oxygens (including phenoxy) is 1. The van der Waals surface area contributed by atoms with Crippen LogP contribution in [0, 0.1) is 0 Å². The van der Waals surface area contributed by atoms with E-state index in [0.29, 0.717) is 10.6 Å². The summed E-state index contributed by atoms with van der Waals surface area (Å²) in [6.07, 6.45) is -3.50. The second kappa shape index (κ2) is 5.25. The zero-order valence-corrected chi connectivity index (χ0v) is 11.9. The predicted octanol–water partition coefficient (Wildman–Crippen LogP) is 3.90. The van der Waals surface area contributed by atoms with E-state index in [1.54, 1.807) is 11.6 Å². The van der Waals surface area contributed by atoms with Crippen molar-refractivity contribution >= 4 is 22.4 Å². The molecule has 5 nitrogen and oxygen atoms in total. The quantitative estimate of drug-likeness (QED) is 0.789. The standard InChI is InChI=1S/C13H9F3N2O3S/c1-6(19)7-4-8(12-17-2-3-22-12)10-9(18-5-20-10)11(7)21-13(14,15)16/h2-6,19H,1H3. The summed E-state index contributed by atoms with van der Waals surface area (Å²) in [7, 11) is 0. The fourth-order valence-corrected chi connectivity index (χ4v) is 2.72. The number of aliphatic hydroxyl groups excluding tert-OH is 1. The molecule has 0 aliphatic rings. The average molecular weight is 330 g/mol. The molecule has 0 saturated carbocycles. The third kappa shape index (κ3) is 2.64. The highest BCUT2D eigenvalue weighted by Crippen LogP contribution is 2.41. The van der Waals surface area contributed by atoms with E-state index in [1.165, 1.54) is 24.3 Å². The highest BCUT2D eigenvalue weighted by atomic mass is 32.1. The number of rotatable bonds is 3. The van der Waals surface area contributed by atoms with Crippen molar-refractivity contribution in [1.29, 1.82) is 0 Å². The predicted molar refractivity (Wildman–Crippen MR) is 72.4 cm³/mol. The Morgan fingerprint density at radius 2 is 2.14 bits per heavy atom. The molecule has 0 amide bonds. The molecule has 9 heteroatoms. The SMILES string of the molecule is CC(O)c1cc(-c2nccs2)c2ocnc2c1OC(F)(F)F. The molecule has 3 aromatic rings. The van der Waals surface area contributed by atoms with Gasteiger partial charge in [-0.2, -0.15) is 0 Å². The van der Waals surface area contributed by atoms with Gasteiger partial charge < -0.3 is 14.3 Å². The van der Waals surface area contributed by atoms with Crippen LogP contribution < -0.4 is 4.74 Å². The van der Waals surface area contributed by atoms with Crippen molar-refractivity contribution in [3.05, 3.63) is 29.6 Å². The van der Waals surface area contributed by atoms with Gasteiger partial charge in [0.05, 0.1) is 11.7 Å². The van der Waals surface area contributed by atoms with Crippen LogP contribution in [0.3, 0.4) is 0 Å². The first-order valence-electron chi connectivity index (χ1n) is 6.10. The molecule has 0 spiro atoms. The first kappa shape index (κ1) is 14.8. The summed E-state index contributed by atoms with van der Waals surface area (Å²) in [5.74, 6) is -0.563. The van der Waals surface area contributed by atoms with Gasteiger partial charge >= 0.3 is 6.36 Å². The van der Waals surface area contributed by atoms with Crippen LogP contribution in [0.25, 0.3) is 21.7 Å². The molecule has 22 heavy (non-hydrogen) atoms. The van der Waals surface area contributed by atoms with Crippen molar-refractivity contribution in [1.82, 2.24) is 9.97 Å². The first-order valence-corrected chi connectivity index (χ1v) is 6.98. The maximum Gasteiger partial charge on any atom is 0.573 e. The van der Waals surface area contributed by atoms with E-state index in [2.05, 4.69) is 14.7 Å². The summed E-state index contributed by atoms with van der Waals surface area (Å²) in [5.41, 5.74) is 0.427. The Hall–Kier alpha value is -2.13. The van der Waals surface area contributed by atoms with Crippen molar-refractivity contribution in [2.75, 3.05) is 0 Å². The molecule has 2 aromatic heterocycles. The number of hydrogen-bond donors (Lipinski definition) is 1. The summed E-state index contributed by atoms with van der Waals surface area (Å²) >= 11 is 1.29. The van der Waals surface area contributed by atoms with Crippen LogP contribution in [-0.4, -0.2) is 21.4 Å². The Labute approximate surface area is 126 Å². The molecule has 1 atom stereocenters. The Morgan fingerprint density at radius 1 is 1.36 bits per heavy atom. The number of aliphatic hydroxyl groups is 1. The van der Waals surface area contributed by atoms with Crippen LogP contribution in [0.4, 0.5) is 13.2 Å². The third-order valence-electron chi connectivity index (χ3n) is 2.92. The summed E-state index contributed by atoms with van der Waals surface area (Å²) in [6, 6.07) is 1.37. The summed E-state index contributed by atoms with van der Waals surface area (Å²) in [5, 5.41) is 12.1. The van der Waals surface area contributed by atoms with Gasteiger partial charge in [-0.25, -0.2) is 9.97 Å². The second-order valence-electron chi connectivity index (χ2n) is 4.43. The molecule has 1 aromatic carbocycles. The number of thiazole rings is 1. The molecule has 3 rings (SSSR count). The molecule has 1 N–H and O–H groups in total. The molecule has 0 saturated heterocycles. The molecule has 0 fully saturated rings. The smallest absolute Gasteiger partial charge is 0.443 e. The van der Waals surface area contributed by atoms with Gasteiger partial charge in [0.25, 0.3) is 0 Å². The molecule has 0 aliphatic carbocycles. The van der Waals surface area contributed by atoms with Gasteiger partial charge in [-0.3, -0.25) is 0 Å². The van der Waals surface area contributed by atoms with E-state index in [-0.39, 0.29) is 16.7 Å². The van der Waals surface area contributed by atoms with Crippen molar-refractivity contribution in [2.24, 2.45) is 0 Å². The van der Waals surface area contributed by atoms with Crippen LogP contribution in [0.5, 0.6) is 5.75 Å². The van der Waals surface area contributed by atoms with E-state index in [4.69, 9.17) is 4.42 Å². The zero-order valence-electron chi connectivity index (χ0n) is 11.1. The van der Waals surface area contributed by atoms with Gasteiger partial charge in [0.1, 0.15) is 5.01 Å². The molecule has 0 aliphatic heterocycles. The molecule has 1 unspecified atom stereocenters. The Morgan fingerprint density at radius 3 is 2.73 bits per heavy atom. The minimum atomic E-state index is -4.90. The van der Waals surface area contributed by atoms with Gasteiger partial charge in [-0.1, -0.05) is 0 Å². The summed E-state index contributed by atoms with van der Waals surface area (Å²) in [4.78, 5) is 7.90. The van der Waals surface area contributed by atoms with E-state index in [0.717, 1.165) is 6.39 Å². The second-order valence-corrected chi connectivity index (χ2v) is 5.33. The first-order chi connectivity index (χ1) is 10.4. The van der Waals surface area contributed by atoms with Gasteiger partial charge in [0.15, 0.2) is 23.2 Å². The lowest BCUT2D eigenvalue weighted by molar-refractivity contribution is -0.274. The molecule has 116 valence electrons.